The number of carbonyl (C=O) groups is 1. The number of aromatic nitrogens is 5. The lowest BCUT2D eigenvalue weighted by Gasteiger charge is -2.32. The van der Waals surface area contributed by atoms with Crippen molar-refractivity contribution >= 4 is 29.0 Å². The van der Waals surface area contributed by atoms with Crippen molar-refractivity contribution in [1.82, 2.24) is 30.1 Å². The Morgan fingerprint density at radius 3 is 2.81 bits per heavy atom. The van der Waals surface area contributed by atoms with Crippen LogP contribution in [0.3, 0.4) is 0 Å². The molecule has 1 saturated carbocycles. The Labute approximate surface area is 184 Å². The summed E-state index contributed by atoms with van der Waals surface area (Å²) >= 11 is 0. The predicted octanol–water partition coefficient (Wildman–Crippen LogP) is 3.07. The van der Waals surface area contributed by atoms with E-state index in [0.717, 1.165) is 48.8 Å². The molecule has 3 N–H and O–H groups in total. The molecule has 1 aliphatic heterocycles. The van der Waals surface area contributed by atoms with Crippen LogP contribution in [0.15, 0.2) is 47.2 Å². The maximum absolute atomic E-state index is 12.2. The van der Waals surface area contributed by atoms with E-state index >= 15 is 0 Å². The number of anilines is 3. The third-order valence-electron chi connectivity index (χ3n) is 6.08. The summed E-state index contributed by atoms with van der Waals surface area (Å²) in [5.74, 6) is 2.99. The fraction of sp³-hybridized carbons (Fsp3) is 0.364. The van der Waals surface area contributed by atoms with Crippen molar-refractivity contribution in [1.29, 1.82) is 0 Å². The summed E-state index contributed by atoms with van der Waals surface area (Å²) < 4.78 is 7.02. The topological polar surface area (TPSA) is 116 Å². The molecule has 2 fully saturated rings. The molecule has 0 unspecified atom stereocenters. The normalized spacial score (nSPS) is 17.1. The van der Waals surface area contributed by atoms with Crippen molar-refractivity contribution in [2.24, 2.45) is 0 Å². The molecule has 4 aromatic heterocycles. The summed E-state index contributed by atoms with van der Waals surface area (Å²) in [4.78, 5) is 19.2. The number of carbonyl (C=O) groups excluding carboxylic acids is 1. The van der Waals surface area contributed by atoms with E-state index in [0.29, 0.717) is 17.6 Å². The van der Waals surface area contributed by atoms with Crippen LogP contribution >= 0.6 is 0 Å². The van der Waals surface area contributed by atoms with Crippen LogP contribution < -0.4 is 15.5 Å². The molecule has 1 aliphatic carbocycles. The molecule has 0 radical (unpaired) electrons. The van der Waals surface area contributed by atoms with E-state index in [4.69, 9.17) is 14.5 Å². The number of amides is 1. The molecule has 0 spiro atoms. The molecule has 2 aliphatic rings. The molecule has 0 bridgehead atoms. The molecule has 4 aromatic rings. The Hall–Kier alpha value is -3.82. The first-order valence-electron chi connectivity index (χ1n) is 11.0. The van der Waals surface area contributed by atoms with Gasteiger partial charge in [-0.05, 0) is 49.9 Å². The predicted molar refractivity (Wildman–Crippen MR) is 118 cm³/mol. The minimum absolute atomic E-state index is 0.0996. The van der Waals surface area contributed by atoms with Gasteiger partial charge < -0.3 is 20.0 Å². The molecule has 32 heavy (non-hydrogen) atoms. The quantitative estimate of drug-likeness (QED) is 0.429. The molecule has 1 saturated heterocycles. The highest BCUT2D eigenvalue weighted by atomic mass is 16.3. The summed E-state index contributed by atoms with van der Waals surface area (Å²) in [6.07, 6.45) is 7.48. The lowest BCUT2D eigenvalue weighted by molar-refractivity contribution is 0.0903. The zero-order valence-corrected chi connectivity index (χ0v) is 17.5. The smallest absolute Gasteiger partial charge is 0.287 e. The van der Waals surface area contributed by atoms with Crippen molar-refractivity contribution in [2.75, 3.05) is 23.3 Å². The summed E-state index contributed by atoms with van der Waals surface area (Å²) in [5, 5.41) is 18.6. The van der Waals surface area contributed by atoms with Crippen LogP contribution in [0.5, 0.6) is 0 Å². The number of hydrogen-bond acceptors (Lipinski definition) is 7. The van der Waals surface area contributed by atoms with Crippen molar-refractivity contribution in [3.05, 3.63) is 54.2 Å². The molecule has 10 heteroatoms. The van der Waals surface area contributed by atoms with Crippen LogP contribution in [0.1, 0.15) is 47.8 Å². The van der Waals surface area contributed by atoms with E-state index in [2.05, 4.69) is 31.8 Å². The maximum atomic E-state index is 12.2. The molecule has 1 amide bonds. The van der Waals surface area contributed by atoms with Gasteiger partial charge in [-0.15, -0.1) is 5.10 Å². The lowest BCUT2D eigenvalue weighted by atomic mass is 10.1. The molecule has 0 aromatic carbocycles. The number of fused-ring (bicyclic) bond motifs is 1. The Bertz CT molecular complexity index is 1230. The maximum Gasteiger partial charge on any atom is 0.287 e. The number of nitrogens with one attached hydrogen (secondary N) is 3. The molecule has 164 valence electrons. The third kappa shape index (κ3) is 3.68. The second-order valence-corrected chi connectivity index (χ2v) is 8.42. The molecule has 0 atom stereocenters. The van der Waals surface area contributed by atoms with E-state index in [1.165, 1.54) is 19.1 Å². The van der Waals surface area contributed by atoms with Crippen LogP contribution in [0.4, 0.5) is 17.6 Å². The second-order valence-electron chi connectivity index (χ2n) is 8.42. The minimum atomic E-state index is -0.171. The lowest BCUT2D eigenvalue weighted by Crippen LogP contribution is -2.45. The van der Waals surface area contributed by atoms with Gasteiger partial charge in [0.25, 0.3) is 5.91 Å². The Morgan fingerprint density at radius 1 is 1.16 bits per heavy atom. The highest BCUT2D eigenvalue weighted by molar-refractivity contribution is 5.91. The first-order valence-corrected chi connectivity index (χ1v) is 11.0. The van der Waals surface area contributed by atoms with Gasteiger partial charge in [0.15, 0.2) is 11.6 Å². The van der Waals surface area contributed by atoms with Crippen LogP contribution in [0.25, 0.3) is 5.52 Å². The van der Waals surface area contributed by atoms with Crippen LogP contribution in [-0.2, 0) is 0 Å². The number of hydrogen-bond donors (Lipinski definition) is 3. The van der Waals surface area contributed by atoms with Gasteiger partial charge in [-0.2, -0.15) is 10.1 Å². The number of H-pyrrole nitrogens is 1. The summed E-state index contributed by atoms with van der Waals surface area (Å²) in [6.45, 7) is 1.51. The van der Waals surface area contributed by atoms with Crippen molar-refractivity contribution in [3.8, 4) is 0 Å². The van der Waals surface area contributed by atoms with Crippen molar-refractivity contribution in [3.63, 3.8) is 0 Å². The van der Waals surface area contributed by atoms with Gasteiger partial charge in [0.05, 0.1) is 12.0 Å². The second kappa shape index (κ2) is 7.70. The highest BCUT2D eigenvalue weighted by Gasteiger charge is 2.27. The van der Waals surface area contributed by atoms with Crippen LogP contribution in [0.2, 0.25) is 0 Å². The average molecular weight is 432 g/mol. The number of aromatic amines is 1. The van der Waals surface area contributed by atoms with Gasteiger partial charge in [-0.25, -0.2) is 4.52 Å². The van der Waals surface area contributed by atoms with E-state index in [-0.39, 0.29) is 11.9 Å². The first kappa shape index (κ1) is 18.9. The monoisotopic (exact) mass is 432 g/mol. The van der Waals surface area contributed by atoms with Gasteiger partial charge in [-0.1, -0.05) is 0 Å². The minimum Gasteiger partial charge on any atom is -0.459 e. The van der Waals surface area contributed by atoms with Crippen molar-refractivity contribution < 1.29 is 9.21 Å². The summed E-state index contributed by atoms with van der Waals surface area (Å²) in [5.41, 5.74) is 2.00. The van der Waals surface area contributed by atoms with Crippen molar-refractivity contribution in [2.45, 2.75) is 37.6 Å². The Balaban J connectivity index is 1.16. The van der Waals surface area contributed by atoms with Gasteiger partial charge >= 0.3 is 0 Å². The number of nitrogens with zero attached hydrogens (tertiary/aromatic N) is 5. The van der Waals surface area contributed by atoms with Gasteiger partial charge in [-0.3, -0.25) is 9.89 Å². The summed E-state index contributed by atoms with van der Waals surface area (Å²) in [7, 11) is 0. The van der Waals surface area contributed by atoms with Crippen LogP contribution in [-0.4, -0.2) is 49.8 Å². The molecule has 6 rings (SSSR count). The zero-order valence-electron chi connectivity index (χ0n) is 17.5. The average Bonchev–Trinajstić information content (AvgIpc) is 3.22. The molecular formula is C22H24N8O2. The SMILES string of the molecule is O=C(NC1CCN(c2nc(Nc3cc(C4CC4)n[nH]3)c3cccn3n2)CC1)c1ccco1. The highest BCUT2D eigenvalue weighted by Crippen LogP contribution is 2.39. The number of furan rings is 1. The largest absolute Gasteiger partial charge is 0.459 e. The Kier molecular flexibility index (Phi) is 4.55. The summed E-state index contributed by atoms with van der Waals surface area (Å²) in [6, 6.07) is 9.49. The van der Waals surface area contributed by atoms with Crippen LogP contribution in [0, 0.1) is 0 Å². The van der Waals surface area contributed by atoms with E-state index in [1.54, 1.807) is 12.1 Å². The molecule has 10 nitrogen and oxygen atoms in total. The molecule has 5 heterocycles. The Morgan fingerprint density at radius 2 is 2.03 bits per heavy atom. The van der Waals surface area contributed by atoms with E-state index in [1.807, 2.05) is 22.8 Å². The van der Waals surface area contributed by atoms with E-state index in [9.17, 15) is 4.79 Å². The fourth-order valence-corrected chi connectivity index (χ4v) is 4.15. The third-order valence-corrected chi connectivity index (χ3v) is 6.08. The number of rotatable bonds is 6. The molecular weight excluding hydrogens is 408 g/mol. The fourth-order valence-electron chi connectivity index (χ4n) is 4.15. The first-order chi connectivity index (χ1) is 15.7. The van der Waals surface area contributed by atoms with Gasteiger partial charge in [0.2, 0.25) is 5.95 Å². The van der Waals surface area contributed by atoms with Gasteiger partial charge in [0.1, 0.15) is 11.3 Å². The zero-order chi connectivity index (χ0) is 21.5. The van der Waals surface area contributed by atoms with Gasteiger partial charge in [0, 0.05) is 37.3 Å². The number of piperidine rings is 1. The standard InChI is InChI=1S/C22H24N8O2/c31-21(18-4-2-12-32-18)23-15-7-10-29(11-8-15)22-25-20(17-3-1-9-30(17)28-22)24-19-13-16(26-27-19)14-5-6-14/h1-4,9,12-15H,5-8,10-11H2,(H,23,31)(H2,24,25,26,27,28). The van der Waals surface area contributed by atoms with E-state index < -0.39 is 0 Å².